The SMILES string of the molecule is CC(=O)/C=C/c1ccc(-c2cnccn2)cc1. The van der Waals surface area contributed by atoms with Crippen LogP contribution in [0, 0.1) is 0 Å². The summed E-state index contributed by atoms with van der Waals surface area (Å²) in [6.07, 6.45) is 8.38. The van der Waals surface area contributed by atoms with Gasteiger partial charge < -0.3 is 0 Å². The van der Waals surface area contributed by atoms with Crippen LogP contribution in [0.25, 0.3) is 17.3 Å². The number of benzene rings is 1. The molecule has 3 nitrogen and oxygen atoms in total. The number of rotatable bonds is 3. The van der Waals surface area contributed by atoms with Crippen molar-refractivity contribution in [3.8, 4) is 11.3 Å². The quantitative estimate of drug-likeness (QED) is 0.753. The van der Waals surface area contributed by atoms with E-state index in [4.69, 9.17) is 0 Å². The molecule has 0 aliphatic rings. The van der Waals surface area contributed by atoms with E-state index in [0.717, 1.165) is 16.8 Å². The van der Waals surface area contributed by atoms with Gasteiger partial charge in [0.15, 0.2) is 5.78 Å². The second-order valence-corrected chi connectivity index (χ2v) is 3.66. The van der Waals surface area contributed by atoms with E-state index in [0.29, 0.717) is 0 Å². The minimum atomic E-state index is 0.0444. The molecular formula is C14H12N2O. The van der Waals surface area contributed by atoms with Crippen LogP contribution in [0.4, 0.5) is 0 Å². The summed E-state index contributed by atoms with van der Waals surface area (Å²) >= 11 is 0. The molecule has 0 saturated carbocycles. The van der Waals surface area contributed by atoms with Crippen molar-refractivity contribution in [3.63, 3.8) is 0 Å². The normalized spacial score (nSPS) is 10.6. The Hall–Kier alpha value is -2.29. The lowest BCUT2D eigenvalue weighted by Crippen LogP contribution is -1.84. The number of aromatic nitrogens is 2. The molecule has 1 aromatic carbocycles. The molecule has 17 heavy (non-hydrogen) atoms. The Morgan fingerprint density at radius 3 is 2.53 bits per heavy atom. The first kappa shape index (κ1) is 11.2. The largest absolute Gasteiger partial charge is 0.295 e. The molecular weight excluding hydrogens is 212 g/mol. The number of ketones is 1. The Kier molecular flexibility index (Phi) is 3.40. The van der Waals surface area contributed by atoms with E-state index in [2.05, 4.69) is 9.97 Å². The van der Waals surface area contributed by atoms with Crippen LogP contribution >= 0.6 is 0 Å². The maximum atomic E-state index is 10.8. The predicted molar refractivity (Wildman–Crippen MR) is 67.2 cm³/mol. The van der Waals surface area contributed by atoms with Gasteiger partial charge in [0.25, 0.3) is 0 Å². The van der Waals surface area contributed by atoms with Gasteiger partial charge in [0.05, 0.1) is 11.9 Å². The third kappa shape index (κ3) is 3.08. The van der Waals surface area contributed by atoms with E-state index in [-0.39, 0.29) is 5.78 Å². The lowest BCUT2D eigenvalue weighted by molar-refractivity contribution is -0.112. The molecule has 1 aromatic heterocycles. The lowest BCUT2D eigenvalue weighted by atomic mass is 10.1. The molecule has 0 unspecified atom stereocenters. The van der Waals surface area contributed by atoms with Crippen LogP contribution in [-0.4, -0.2) is 15.8 Å². The van der Waals surface area contributed by atoms with Gasteiger partial charge in [-0.05, 0) is 18.6 Å². The Bertz CT molecular complexity index is 530. The van der Waals surface area contributed by atoms with Gasteiger partial charge in [-0.2, -0.15) is 0 Å². The topological polar surface area (TPSA) is 42.9 Å². The summed E-state index contributed by atoms with van der Waals surface area (Å²) in [6.45, 7) is 1.53. The van der Waals surface area contributed by atoms with Crippen molar-refractivity contribution in [2.24, 2.45) is 0 Å². The van der Waals surface area contributed by atoms with Crippen molar-refractivity contribution in [3.05, 3.63) is 54.5 Å². The number of hydrogen-bond donors (Lipinski definition) is 0. The fraction of sp³-hybridized carbons (Fsp3) is 0.0714. The van der Waals surface area contributed by atoms with Gasteiger partial charge >= 0.3 is 0 Å². The van der Waals surface area contributed by atoms with Crippen LogP contribution in [0.1, 0.15) is 12.5 Å². The average molecular weight is 224 g/mol. The zero-order valence-electron chi connectivity index (χ0n) is 9.50. The van der Waals surface area contributed by atoms with Crippen LogP contribution in [0.2, 0.25) is 0 Å². The number of nitrogens with zero attached hydrogens (tertiary/aromatic N) is 2. The molecule has 0 fully saturated rings. The molecule has 0 spiro atoms. The number of carbonyl (C=O) groups is 1. The Balaban J connectivity index is 2.22. The summed E-state index contributed by atoms with van der Waals surface area (Å²) in [6, 6.07) is 7.82. The first-order chi connectivity index (χ1) is 8.25. The second-order valence-electron chi connectivity index (χ2n) is 3.66. The zero-order chi connectivity index (χ0) is 12.1. The summed E-state index contributed by atoms with van der Waals surface area (Å²) < 4.78 is 0. The summed E-state index contributed by atoms with van der Waals surface area (Å²) in [4.78, 5) is 19.0. The molecule has 0 atom stereocenters. The summed E-state index contributed by atoms with van der Waals surface area (Å²) in [5.41, 5.74) is 2.85. The van der Waals surface area contributed by atoms with Crippen molar-refractivity contribution < 1.29 is 4.79 Å². The van der Waals surface area contributed by atoms with E-state index < -0.39 is 0 Å². The first-order valence-corrected chi connectivity index (χ1v) is 5.31. The fourth-order valence-electron chi connectivity index (χ4n) is 1.43. The lowest BCUT2D eigenvalue weighted by Gasteiger charge is -2.00. The Morgan fingerprint density at radius 1 is 1.18 bits per heavy atom. The Morgan fingerprint density at radius 2 is 1.94 bits per heavy atom. The number of allylic oxidation sites excluding steroid dienone is 1. The Labute approximate surface area is 99.9 Å². The minimum absolute atomic E-state index is 0.0444. The molecule has 3 heteroatoms. The molecule has 0 aliphatic carbocycles. The molecule has 0 radical (unpaired) electrons. The van der Waals surface area contributed by atoms with E-state index in [1.54, 1.807) is 30.7 Å². The van der Waals surface area contributed by atoms with Crippen LogP contribution in [0.15, 0.2) is 48.9 Å². The van der Waals surface area contributed by atoms with Gasteiger partial charge in [0.2, 0.25) is 0 Å². The van der Waals surface area contributed by atoms with Gasteiger partial charge in [-0.1, -0.05) is 30.3 Å². The van der Waals surface area contributed by atoms with Gasteiger partial charge in [0, 0.05) is 18.0 Å². The van der Waals surface area contributed by atoms with Crippen LogP contribution in [0.3, 0.4) is 0 Å². The van der Waals surface area contributed by atoms with Crippen molar-refractivity contribution >= 4 is 11.9 Å². The van der Waals surface area contributed by atoms with Crippen LogP contribution in [-0.2, 0) is 4.79 Å². The first-order valence-electron chi connectivity index (χ1n) is 5.31. The van der Waals surface area contributed by atoms with E-state index >= 15 is 0 Å². The molecule has 2 aromatic rings. The van der Waals surface area contributed by atoms with Crippen molar-refractivity contribution in [2.45, 2.75) is 6.92 Å². The molecule has 0 bridgehead atoms. The van der Waals surface area contributed by atoms with Crippen LogP contribution < -0.4 is 0 Å². The highest BCUT2D eigenvalue weighted by atomic mass is 16.1. The summed E-state index contributed by atoms with van der Waals surface area (Å²) in [7, 11) is 0. The highest BCUT2D eigenvalue weighted by molar-refractivity contribution is 5.91. The molecule has 0 N–H and O–H groups in total. The molecule has 1 heterocycles. The summed E-state index contributed by atoms with van der Waals surface area (Å²) in [5.74, 6) is 0.0444. The third-order valence-corrected chi connectivity index (χ3v) is 2.28. The third-order valence-electron chi connectivity index (χ3n) is 2.28. The van der Waals surface area contributed by atoms with Gasteiger partial charge in [-0.3, -0.25) is 14.8 Å². The highest BCUT2D eigenvalue weighted by Gasteiger charge is 1.97. The van der Waals surface area contributed by atoms with E-state index in [9.17, 15) is 4.79 Å². The van der Waals surface area contributed by atoms with Crippen molar-refractivity contribution in [1.82, 2.24) is 9.97 Å². The molecule has 2 rings (SSSR count). The predicted octanol–water partition coefficient (Wildman–Crippen LogP) is 2.75. The van der Waals surface area contributed by atoms with Gasteiger partial charge in [0.1, 0.15) is 0 Å². The minimum Gasteiger partial charge on any atom is -0.295 e. The van der Waals surface area contributed by atoms with Gasteiger partial charge in [-0.15, -0.1) is 0 Å². The average Bonchev–Trinajstić information content (AvgIpc) is 2.38. The monoisotopic (exact) mass is 224 g/mol. The van der Waals surface area contributed by atoms with Crippen molar-refractivity contribution in [1.29, 1.82) is 0 Å². The highest BCUT2D eigenvalue weighted by Crippen LogP contribution is 2.16. The zero-order valence-corrected chi connectivity index (χ0v) is 9.50. The number of carbonyl (C=O) groups excluding carboxylic acids is 1. The fourth-order valence-corrected chi connectivity index (χ4v) is 1.43. The molecule has 0 saturated heterocycles. The number of hydrogen-bond acceptors (Lipinski definition) is 3. The second kappa shape index (κ2) is 5.16. The molecule has 0 amide bonds. The van der Waals surface area contributed by atoms with Gasteiger partial charge in [-0.25, -0.2) is 0 Å². The standard InChI is InChI=1S/C14H12N2O/c1-11(17)2-3-12-4-6-13(7-5-12)14-10-15-8-9-16-14/h2-10H,1H3/b3-2+. The van der Waals surface area contributed by atoms with E-state index in [1.807, 2.05) is 24.3 Å². The van der Waals surface area contributed by atoms with Crippen molar-refractivity contribution in [2.75, 3.05) is 0 Å². The maximum absolute atomic E-state index is 10.8. The van der Waals surface area contributed by atoms with Crippen LogP contribution in [0.5, 0.6) is 0 Å². The molecule has 84 valence electrons. The van der Waals surface area contributed by atoms with E-state index in [1.165, 1.54) is 6.92 Å². The smallest absolute Gasteiger partial charge is 0.152 e. The summed E-state index contributed by atoms with van der Waals surface area (Å²) in [5, 5.41) is 0. The maximum Gasteiger partial charge on any atom is 0.152 e. The molecule has 0 aliphatic heterocycles.